The van der Waals surface area contributed by atoms with E-state index in [2.05, 4.69) is 5.32 Å². The Kier molecular flexibility index (Phi) is 6.32. The van der Waals surface area contributed by atoms with E-state index in [1.165, 1.54) is 4.90 Å². The SMILES string of the molecule is Cl.O=C(c1cccc(C(F)(F)F)c1F)N1CCC(C2CCCN2)CC1. The highest BCUT2D eigenvalue weighted by Crippen LogP contribution is 2.33. The third-order valence-corrected chi connectivity index (χ3v) is 5.03. The summed E-state index contributed by atoms with van der Waals surface area (Å²) in [7, 11) is 0. The number of likely N-dealkylation sites (tertiary alicyclic amines) is 1. The largest absolute Gasteiger partial charge is 0.419 e. The third-order valence-electron chi connectivity index (χ3n) is 5.03. The molecule has 2 aliphatic heterocycles. The maximum Gasteiger partial charge on any atom is 0.419 e. The van der Waals surface area contributed by atoms with Crippen LogP contribution < -0.4 is 5.32 Å². The second-order valence-corrected chi connectivity index (χ2v) is 6.50. The van der Waals surface area contributed by atoms with Crippen molar-refractivity contribution in [3.63, 3.8) is 0 Å². The van der Waals surface area contributed by atoms with Crippen LogP contribution in [0.2, 0.25) is 0 Å². The lowest BCUT2D eigenvalue weighted by molar-refractivity contribution is -0.140. The van der Waals surface area contributed by atoms with Crippen molar-refractivity contribution in [3.8, 4) is 0 Å². The minimum absolute atomic E-state index is 0. The Bertz CT molecular complexity index is 609. The number of amides is 1. The van der Waals surface area contributed by atoms with E-state index in [4.69, 9.17) is 0 Å². The summed E-state index contributed by atoms with van der Waals surface area (Å²) in [5, 5.41) is 3.45. The zero-order valence-corrected chi connectivity index (χ0v) is 14.4. The van der Waals surface area contributed by atoms with Crippen molar-refractivity contribution in [2.45, 2.75) is 37.9 Å². The lowest BCUT2D eigenvalue weighted by atomic mass is 9.88. The number of rotatable bonds is 2. The van der Waals surface area contributed by atoms with Gasteiger partial charge in [-0.25, -0.2) is 4.39 Å². The Balaban J connectivity index is 0.00000225. The number of carbonyl (C=O) groups excluding carboxylic acids is 1. The molecule has 1 aromatic rings. The van der Waals surface area contributed by atoms with E-state index in [1.807, 2.05) is 0 Å². The Morgan fingerprint density at radius 3 is 2.40 bits per heavy atom. The van der Waals surface area contributed by atoms with Crippen LogP contribution in [0, 0.1) is 11.7 Å². The molecule has 0 spiro atoms. The van der Waals surface area contributed by atoms with Gasteiger partial charge in [-0.15, -0.1) is 12.4 Å². The molecule has 1 N–H and O–H groups in total. The van der Waals surface area contributed by atoms with Crippen LogP contribution in [0.5, 0.6) is 0 Å². The number of nitrogens with one attached hydrogen (secondary N) is 1. The van der Waals surface area contributed by atoms with Gasteiger partial charge in [0.05, 0.1) is 11.1 Å². The van der Waals surface area contributed by atoms with Gasteiger partial charge < -0.3 is 10.2 Å². The fourth-order valence-corrected chi connectivity index (χ4v) is 3.71. The number of benzene rings is 1. The Morgan fingerprint density at radius 2 is 1.84 bits per heavy atom. The fraction of sp³-hybridized carbons (Fsp3) is 0.588. The molecule has 3 rings (SSSR count). The van der Waals surface area contributed by atoms with E-state index in [1.54, 1.807) is 0 Å². The molecular formula is C17H21ClF4N2O. The van der Waals surface area contributed by atoms with Crippen LogP contribution in [0.15, 0.2) is 18.2 Å². The first kappa shape index (κ1) is 20.0. The summed E-state index contributed by atoms with van der Waals surface area (Å²) in [5.74, 6) is -1.66. The van der Waals surface area contributed by atoms with Gasteiger partial charge in [-0.2, -0.15) is 13.2 Å². The van der Waals surface area contributed by atoms with Crippen LogP contribution in [0.4, 0.5) is 17.6 Å². The van der Waals surface area contributed by atoms with Crippen molar-refractivity contribution in [2.75, 3.05) is 19.6 Å². The summed E-state index contributed by atoms with van der Waals surface area (Å²) in [4.78, 5) is 13.9. The summed E-state index contributed by atoms with van der Waals surface area (Å²) < 4.78 is 52.5. The predicted octanol–water partition coefficient (Wildman–Crippen LogP) is 3.87. The molecule has 8 heteroatoms. The van der Waals surface area contributed by atoms with Gasteiger partial charge in [0.25, 0.3) is 5.91 Å². The molecule has 0 bridgehead atoms. The number of piperidine rings is 1. The predicted molar refractivity (Wildman–Crippen MR) is 88.3 cm³/mol. The molecule has 1 aromatic carbocycles. The number of hydrogen-bond donors (Lipinski definition) is 1. The zero-order valence-electron chi connectivity index (χ0n) is 13.6. The molecule has 0 saturated carbocycles. The zero-order chi connectivity index (χ0) is 17.3. The minimum atomic E-state index is -4.80. The van der Waals surface area contributed by atoms with Gasteiger partial charge in [0.1, 0.15) is 5.82 Å². The summed E-state index contributed by atoms with van der Waals surface area (Å²) in [6, 6.07) is 3.32. The van der Waals surface area contributed by atoms with Crippen molar-refractivity contribution in [1.29, 1.82) is 0 Å². The highest BCUT2D eigenvalue weighted by Gasteiger charge is 2.37. The Morgan fingerprint density at radius 1 is 1.16 bits per heavy atom. The summed E-state index contributed by atoms with van der Waals surface area (Å²) >= 11 is 0. The minimum Gasteiger partial charge on any atom is -0.339 e. The molecule has 2 heterocycles. The van der Waals surface area contributed by atoms with Crippen LogP contribution >= 0.6 is 12.4 Å². The lowest BCUT2D eigenvalue weighted by Gasteiger charge is -2.35. The van der Waals surface area contributed by atoms with Crippen molar-refractivity contribution in [2.24, 2.45) is 5.92 Å². The van der Waals surface area contributed by atoms with E-state index in [9.17, 15) is 22.4 Å². The average molecular weight is 381 g/mol. The van der Waals surface area contributed by atoms with E-state index < -0.39 is 29.0 Å². The molecule has 1 atom stereocenters. The van der Waals surface area contributed by atoms with Gasteiger partial charge in [-0.3, -0.25) is 4.79 Å². The van der Waals surface area contributed by atoms with Gasteiger partial charge in [0.15, 0.2) is 0 Å². The number of alkyl halides is 3. The standard InChI is InChI=1S/C17H20F4N2O.ClH/c18-15-12(3-1-4-13(15)17(19,20)21)16(24)23-9-6-11(7-10-23)14-5-2-8-22-14;/h1,3-4,11,14,22H,2,5-10H2;1H. The van der Waals surface area contributed by atoms with E-state index in [0.29, 0.717) is 31.1 Å². The summed E-state index contributed by atoms with van der Waals surface area (Å²) in [6.07, 6.45) is -0.935. The molecule has 2 saturated heterocycles. The molecule has 2 aliphatic rings. The quantitative estimate of drug-likeness (QED) is 0.790. The van der Waals surface area contributed by atoms with Gasteiger partial charge in [-0.05, 0) is 50.3 Å². The Labute approximate surface area is 150 Å². The van der Waals surface area contributed by atoms with E-state index >= 15 is 0 Å². The monoisotopic (exact) mass is 380 g/mol. The molecule has 25 heavy (non-hydrogen) atoms. The molecule has 0 radical (unpaired) electrons. The molecule has 3 nitrogen and oxygen atoms in total. The second-order valence-electron chi connectivity index (χ2n) is 6.50. The van der Waals surface area contributed by atoms with E-state index in [0.717, 1.165) is 44.4 Å². The van der Waals surface area contributed by atoms with E-state index in [-0.39, 0.29) is 12.4 Å². The molecule has 1 amide bonds. The van der Waals surface area contributed by atoms with Crippen molar-refractivity contribution < 1.29 is 22.4 Å². The molecule has 1 unspecified atom stereocenters. The van der Waals surface area contributed by atoms with Gasteiger partial charge in [0, 0.05) is 19.1 Å². The first-order valence-corrected chi connectivity index (χ1v) is 8.26. The molecule has 2 fully saturated rings. The molecule has 140 valence electrons. The number of hydrogen-bond acceptors (Lipinski definition) is 2. The Hall–Kier alpha value is -1.34. The van der Waals surface area contributed by atoms with Crippen LogP contribution in [0.3, 0.4) is 0 Å². The summed E-state index contributed by atoms with van der Waals surface area (Å²) in [5.41, 5.74) is -1.89. The average Bonchev–Trinajstić information content (AvgIpc) is 3.08. The highest BCUT2D eigenvalue weighted by molar-refractivity contribution is 5.94. The maximum absolute atomic E-state index is 14.1. The molecular weight excluding hydrogens is 360 g/mol. The van der Waals surface area contributed by atoms with Gasteiger partial charge in [0.2, 0.25) is 0 Å². The third kappa shape index (κ3) is 4.26. The normalized spacial score (nSPS) is 21.9. The first-order valence-electron chi connectivity index (χ1n) is 8.26. The molecule has 0 aliphatic carbocycles. The van der Waals surface area contributed by atoms with Crippen LogP contribution in [-0.4, -0.2) is 36.5 Å². The number of halogens is 5. The van der Waals surface area contributed by atoms with Crippen molar-refractivity contribution >= 4 is 18.3 Å². The number of carbonyl (C=O) groups is 1. The smallest absolute Gasteiger partial charge is 0.339 e. The van der Waals surface area contributed by atoms with Crippen molar-refractivity contribution in [1.82, 2.24) is 10.2 Å². The summed E-state index contributed by atoms with van der Waals surface area (Å²) in [6.45, 7) is 1.92. The number of nitrogens with zero attached hydrogens (tertiary/aromatic N) is 1. The lowest BCUT2D eigenvalue weighted by Crippen LogP contribution is -2.43. The maximum atomic E-state index is 14.1. The first-order chi connectivity index (χ1) is 11.4. The van der Waals surface area contributed by atoms with Crippen LogP contribution in [-0.2, 0) is 6.18 Å². The van der Waals surface area contributed by atoms with Gasteiger partial charge >= 0.3 is 6.18 Å². The van der Waals surface area contributed by atoms with Gasteiger partial charge in [-0.1, -0.05) is 6.07 Å². The van der Waals surface area contributed by atoms with Crippen LogP contribution in [0.1, 0.15) is 41.6 Å². The molecule has 0 aromatic heterocycles. The highest BCUT2D eigenvalue weighted by atomic mass is 35.5. The second kappa shape index (κ2) is 7.91. The van der Waals surface area contributed by atoms with Crippen LogP contribution in [0.25, 0.3) is 0 Å². The topological polar surface area (TPSA) is 32.3 Å². The van der Waals surface area contributed by atoms with Crippen molar-refractivity contribution in [3.05, 3.63) is 35.1 Å². The fourth-order valence-electron chi connectivity index (χ4n) is 3.71.